The molecule has 0 atom stereocenters. The molecule has 6 nitrogen and oxygen atoms in total. The Morgan fingerprint density at radius 3 is 2.31 bits per heavy atom. The van der Waals surface area contributed by atoms with E-state index in [0.717, 1.165) is 35.7 Å². The molecule has 35 heavy (non-hydrogen) atoms. The molecule has 1 aliphatic rings. The third-order valence-electron chi connectivity index (χ3n) is 5.91. The third kappa shape index (κ3) is 7.35. The molecule has 0 radical (unpaired) electrons. The van der Waals surface area contributed by atoms with E-state index in [1.807, 2.05) is 23.1 Å². The zero-order chi connectivity index (χ0) is 25.6. The molecule has 0 bridgehead atoms. The van der Waals surface area contributed by atoms with Crippen LogP contribution < -0.4 is 10.1 Å². The number of para-hydroxylation sites is 1. The predicted molar refractivity (Wildman–Crippen MR) is 129 cm³/mol. The molecule has 1 saturated heterocycles. The highest BCUT2D eigenvalue weighted by Gasteiger charge is 2.32. The molecule has 2 aromatic rings. The molecule has 2 aromatic carbocycles. The average molecular weight is 512 g/mol. The van der Waals surface area contributed by atoms with Crippen molar-refractivity contribution in [3.05, 3.63) is 58.1 Å². The first-order chi connectivity index (χ1) is 16.6. The minimum absolute atomic E-state index is 0.104. The summed E-state index contributed by atoms with van der Waals surface area (Å²) in [5.41, 5.74) is 3.24. The summed E-state index contributed by atoms with van der Waals surface area (Å²) in [6, 6.07) is 9.50. The number of hydrogen-bond donors (Lipinski definition) is 1. The van der Waals surface area contributed by atoms with E-state index in [9.17, 15) is 22.8 Å². The van der Waals surface area contributed by atoms with Gasteiger partial charge in [-0.3, -0.25) is 14.5 Å². The Morgan fingerprint density at radius 1 is 1.03 bits per heavy atom. The molecule has 1 heterocycles. The van der Waals surface area contributed by atoms with Crippen LogP contribution in [0.25, 0.3) is 0 Å². The van der Waals surface area contributed by atoms with Crippen molar-refractivity contribution in [1.29, 1.82) is 0 Å². The molecule has 3 rings (SSSR count). The Kier molecular flexibility index (Phi) is 9.02. The van der Waals surface area contributed by atoms with Gasteiger partial charge in [0.2, 0.25) is 5.91 Å². The van der Waals surface area contributed by atoms with Gasteiger partial charge >= 0.3 is 6.36 Å². The lowest BCUT2D eigenvalue weighted by Gasteiger charge is -2.22. The number of carbonyl (C=O) groups is 2. The number of alkyl halides is 3. The van der Waals surface area contributed by atoms with Crippen LogP contribution in [0.2, 0.25) is 5.02 Å². The Bertz CT molecular complexity index is 1040. The highest BCUT2D eigenvalue weighted by Crippen LogP contribution is 2.31. The number of nitrogens with zero attached hydrogens (tertiary/aromatic N) is 2. The standard InChI is InChI=1S/C25H29ClF3N3O3/c1-3-17-7-5-8-18(4-2)23(17)30-22(33)16-31-11-6-12-32(14-13-31)24(34)19-9-10-21(20(26)15-19)35-25(27,28)29/h5,7-10,15H,3-4,6,11-14,16H2,1-2H3,(H,30,33). The first kappa shape index (κ1) is 26.8. The topological polar surface area (TPSA) is 61.9 Å². The maximum atomic E-state index is 12.9. The van der Waals surface area contributed by atoms with Gasteiger partial charge in [-0.1, -0.05) is 43.6 Å². The van der Waals surface area contributed by atoms with Gasteiger partial charge in [-0.2, -0.15) is 0 Å². The van der Waals surface area contributed by atoms with Gasteiger partial charge in [-0.05, 0) is 48.6 Å². The van der Waals surface area contributed by atoms with Crippen molar-refractivity contribution in [2.24, 2.45) is 0 Å². The van der Waals surface area contributed by atoms with Gasteiger partial charge in [0.05, 0.1) is 11.6 Å². The van der Waals surface area contributed by atoms with Crippen molar-refractivity contribution in [1.82, 2.24) is 9.80 Å². The molecule has 0 aromatic heterocycles. The maximum Gasteiger partial charge on any atom is 0.573 e. The van der Waals surface area contributed by atoms with Crippen LogP contribution in [0.15, 0.2) is 36.4 Å². The van der Waals surface area contributed by atoms with Crippen LogP contribution in [0.4, 0.5) is 18.9 Å². The number of carbonyl (C=O) groups excluding carboxylic acids is 2. The Hall–Kier alpha value is -2.78. The number of benzene rings is 2. The fourth-order valence-corrected chi connectivity index (χ4v) is 4.36. The number of ether oxygens (including phenoxy) is 1. The Balaban J connectivity index is 1.59. The molecule has 2 amide bonds. The molecule has 0 spiro atoms. The van der Waals surface area contributed by atoms with Crippen LogP contribution in [0.5, 0.6) is 5.75 Å². The van der Waals surface area contributed by atoms with Gasteiger partial charge in [0.25, 0.3) is 5.91 Å². The monoisotopic (exact) mass is 511 g/mol. The second-order valence-electron chi connectivity index (χ2n) is 8.32. The highest BCUT2D eigenvalue weighted by atomic mass is 35.5. The molecular formula is C25H29ClF3N3O3. The summed E-state index contributed by atoms with van der Waals surface area (Å²) < 4.78 is 41.2. The number of halogens is 4. The Morgan fingerprint density at radius 2 is 1.71 bits per heavy atom. The summed E-state index contributed by atoms with van der Waals surface area (Å²) in [7, 11) is 0. The molecular weight excluding hydrogens is 483 g/mol. The number of anilines is 1. The van der Waals surface area contributed by atoms with Crippen LogP contribution >= 0.6 is 11.6 Å². The second-order valence-corrected chi connectivity index (χ2v) is 8.73. The van der Waals surface area contributed by atoms with Crippen molar-refractivity contribution in [2.45, 2.75) is 39.5 Å². The van der Waals surface area contributed by atoms with Crippen LogP contribution in [-0.4, -0.2) is 60.7 Å². The van der Waals surface area contributed by atoms with Crippen LogP contribution in [0.3, 0.4) is 0 Å². The Labute approximate surface area is 208 Å². The normalized spacial score (nSPS) is 15.0. The summed E-state index contributed by atoms with van der Waals surface area (Å²) in [5.74, 6) is -0.992. The number of nitrogens with one attached hydrogen (secondary N) is 1. The van der Waals surface area contributed by atoms with Crippen LogP contribution in [0, 0.1) is 0 Å². The van der Waals surface area contributed by atoms with E-state index in [1.54, 1.807) is 4.90 Å². The quantitative estimate of drug-likeness (QED) is 0.558. The fourth-order valence-electron chi connectivity index (χ4n) is 4.14. The average Bonchev–Trinajstić information content (AvgIpc) is 3.04. The third-order valence-corrected chi connectivity index (χ3v) is 6.21. The number of rotatable bonds is 7. The van der Waals surface area contributed by atoms with E-state index in [0.29, 0.717) is 32.6 Å². The summed E-state index contributed by atoms with van der Waals surface area (Å²) in [6.45, 7) is 6.30. The molecule has 1 aliphatic heterocycles. The second kappa shape index (κ2) is 11.8. The van der Waals surface area contributed by atoms with Crippen LogP contribution in [0.1, 0.15) is 41.8 Å². The summed E-state index contributed by atoms with van der Waals surface area (Å²) in [5, 5.41) is 2.78. The highest BCUT2D eigenvalue weighted by molar-refractivity contribution is 6.32. The minimum Gasteiger partial charge on any atom is -0.404 e. The number of hydrogen-bond acceptors (Lipinski definition) is 4. The smallest absolute Gasteiger partial charge is 0.404 e. The first-order valence-electron chi connectivity index (χ1n) is 11.6. The maximum absolute atomic E-state index is 12.9. The van der Waals surface area contributed by atoms with Gasteiger partial charge < -0.3 is 15.0 Å². The van der Waals surface area contributed by atoms with Gasteiger partial charge in [-0.15, -0.1) is 13.2 Å². The lowest BCUT2D eigenvalue weighted by molar-refractivity contribution is -0.274. The molecule has 1 fully saturated rings. The molecule has 10 heteroatoms. The van der Waals surface area contributed by atoms with E-state index >= 15 is 0 Å². The number of aryl methyl sites for hydroxylation is 2. The van der Waals surface area contributed by atoms with Gasteiger partial charge in [0.15, 0.2) is 0 Å². The van der Waals surface area contributed by atoms with Gasteiger partial charge in [0, 0.05) is 37.4 Å². The molecule has 1 N–H and O–H groups in total. The van der Waals surface area contributed by atoms with E-state index in [-0.39, 0.29) is 28.9 Å². The lowest BCUT2D eigenvalue weighted by Crippen LogP contribution is -2.38. The predicted octanol–water partition coefficient (Wildman–Crippen LogP) is 5.15. The fraction of sp³-hybridized carbons (Fsp3) is 0.440. The van der Waals surface area contributed by atoms with Crippen molar-refractivity contribution in [3.8, 4) is 5.75 Å². The molecule has 0 aliphatic carbocycles. The molecule has 0 saturated carbocycles. The summed E-state index contributed by atoms with van der Waals surface area (Å²) in [6.07, 6.45) is -2.57. The molecule has 190 valence electrons. The number of amides is 2. The molecule has 0 unspecified atom stereocenters. The van der Waals surface area contributed by atoms with Crippen molar-refractivity contribution in [3.63, 3.8) is 0 Å². The zero-order valence-electron chi connectivity index (χ0n) is 19.8. The summed E-state index contributed by atoms with van der Waals surface area (Å²) >= 11 is 5.89. The van der Waals surface area contributed by atoms with Gasteiger partial charge in [-0.25, -0.2) is 0 Å². The van der Waals surface area contributed by atoms with E-state index < -0.39 is 12.1 Å². The zero-order valence-corrected chi connectivity index (χ0v) is 20.5. The van der Waals surface area contributed by atoms with Crippen LogP contribution in [-0.2, 0) is 17.6 Å². The van der Waals surface area contributed by atoms with Crippen molar-refractivity contribution < 1.29 is 27.5 Å². The lowest BCUT2D eigenvalue weighted by atomic mass is 10.0. The van der Waals surface area contributed by atoms with Crippen molar-refractivity contribution in [2.75, 3.05) is 38.0 Å². The van der Waals surface area contributed by atoms with Crippen molar-refractivity contribution >= 4 is 29.1 Å². The largest absolute Gasteiger partial charge is 0.573 e. The van der Waals surface area contributed by atoms with Gasteiger partial charge in [0.1, 0.15) is 5.75 Å². The first-order valence-corrected chi connectivity index (χ1v) is 12.0. The van der Waals surface area contributed by atoms with E-state index in [2.05, 4.69) is 23.9 Å². The van der Waals surface area contributed by atoms with E-state index in [4.69, 9.17) is 11.6 Å². The SMILES string of the molecule is CCc1cccc(CC)c1NC(=O)CN1CCCN(C(=O)c2ccc(OC(F)(F)F)c(Cl)c2)CC1. The van der Waals surface area contributed by atoms with E-state index in [1.165, 1.54) is 12.1 Å². The minimum atomic E-state index is -4.87. The summed E-state index contributed by atoms with van der Waals surface area (Å²) in [4.78, 5) is 29.3.